The summed E-state index contributed by atoms with van der Waals surface area (Å²) in [6.07, 6.45) is 0. The smallest absolute Gasteiger partial charge is 0.256 e. The molecule has 0 aliphatic carbocycles. The van der Waals surface area contributed by atoms with Crippen LogP contribution in [0.2, 0.25) is 0 Å². The van der Waals surface area contributed by atoms with Crippen molar-refractivity contribution in [1.82, 2.24) is 4.90 Å². The Balaban J connectivity index is 1.81. The molecule has 2 N–H and O–H groups in total. The van der Waals surface area contributed by atoms with Gasteiger partial charge in [0.1, 0.15) is 5.75 Å². The zero-order valence-corrected chi connectivity index (χ0v) is 14.0. The van der Waals surface area contributed by atoms with Gasteiger partial charge in [0.25, 0.3) is 5.91 Å². The van der Waals surface area contributed by atoms with Crippen molar-refractivity contribution in [2.75, 3.05) is 12.4 Å². The molecule has 0 bridgehead atoms. The number of aromatic hydroxyl groups is 1. The Hall–Kier alpha value is -3.27. The molecule has 4 nitrogen and oxygen atoms in total. The van der Waals surface area contributed by atoms with Gasteiger partial charge in [0, 0.05) is 24.8 Å². The predicted octanol–water partition coefficient (Wildman–Crippen LogP) is 4.41. The van der Waals surface area contributed by atoms with Crippen LogP contribution in [0.4, 0.5) is 11.4 Å². The van der Waals surface area contributed by atoms with Gasteiger partial charge in [-0.15, -0.1) is 0 Å². The van der Waals surface area contributed by atoms with Gasteiger partial charge in [0.05, 0.1) is 11.3 Å². The minimum absolute atomic E-state index is 0.109. The van der Waals surface area contributed by atoms with Crippen LogP contribution in [0.25, 0.3) is 0 Å². The number of phenols is 1. The second kappa shape index (κ2) is 7.53. The van der Waals surface area contributed by atoms with Crippen molar-refractivity contribution in [1.29, 1.82) is 0 Å². The zero-order valence-electron chi connectivity index (χ0n) is 14.0. The Morgan fingerprint density at radius 1 is 0.920 bits per heavy atom. The molecule has 0 atom stereocenters. The molecule has 4 heteroatoms. The Labute approximate surface area is 147 Å². The Bertz CT molecular complexity index is 863. The lowest BCUT2D eigenvalue weighted by Gasteiger charge is -2.20. The number of amides is 1. The van der Waals surface area contributed by atoms with E-state index in [1.807, 2.05) is 60.7 Å². The molecule has 3 rings (SSSR count). The summed E-state index contributed by atoms with van der Waals surface area (Å²) in [5.41, 5.74) is 2.98. The fraction of sp³-hybridized carbons (Fsp3) is 0.0952. The highest BCUT2D eigenvalue weighted by Gasteiger charge is 2.17. The maximum Gasteiger partial charge on any atom is 0.256 e. The van der Waals surface area contributed by atoms with E-state index in [0.717, 1.165) is 11.4 Å². The van der Waals surface area contributed by atoms with E-state index in [9.17, 15) is 9.90 Å². The van der Waals surface area contributed by atoms with Gasteiger partial charge >= 0.3 is 0 Å². The highest BCUT2D eigenvalue weighted by Crippen LogP contribution is 2.23. The molecule has 3 aromatic rings. The van der Waals surface area contributed by atoms with Gasteiger partial charge < -0.3 is 15.3 Å². The molecular weight excluding hydrogens is 312 g/mol. The molecule has 0 saturated carbocycles. The Morgan fingerprint density at radius 2 is 1.56 bits per heavy atom. The molecule has 0 spiro atoms. The van der Waals surface area contributed by atoms with Crippen LogP contribution in [-0.2, 0) is 6.54 Å². The highest BCUT2D eigenvalue weighted by molar-refractivity contribution is 6.00. The van der Waals surface area contributed by atoms with E-state index in [0.29, 0.717) is 17.7 Å². The number of carbonyl (C=O) groups is 1. The molecule has 0 aliphatic heterocycles. The van der Waals surface area contributed by atoms with Crippen molar-refractivity contribution in [3.05, 3.63) is 90.0 Å². The number of nitrogens with zero attached hydrogens (tertiary/aromatic N) is 1. The van der Waals surface area contributed by atoms with Crippen LogP contribution in [0.1, 0.15) is 15.9 Å². The number of rotatable bonds is 5. The van der Waals surface area contributed by atoms with Crippen LogP contribution in [0.15, 0.2) is 78.9 Å². The summed E-state index contributed by atoms with van der Waals surface area (Å²) >= 11 is 0. The summed E-state index contributed by atoms with van der Waals surface area (Å²) in [7, 11) is 1.73. The number of benzene rings is 3. The number of anilines is 2. The third kappa shape index (κ3) is 3.98. The second-order valence-electron chi connectivity index (χ2n) is 5.83. The third-order valence-electron chi connectivity index (χ3n) is 3.96. The molecule has 0 unspecified atom stereocenters. The van der Waals surface area contributed by atoms with Gasteiger partial charge in [-0.05, 0) is 30.3 Å². The molecular formula is C21H20N2O2. The number of para-hydroxylation sites is 3. The average molecular weight is 332 g/mol. The lowest BCUT2D eigenvalue weighted by atomic mass is 10.1. The zero-order chi connectivity index (χ0) is 17.6. The molecule has 1 amide bonds. The standard InChI is InChI=1S/C21H20N2O2/c1-23(15-16-9-5-8-14-20(16)24)21(25)18-12-6-7-13-19(18)22-17-10-3-2-4-11-17/h2-14,22,24H,15H2,1H3. The normalized spacial score (nSPS) is 10.3. The van der Waals surface area contributed by atoms with Crippen LogP contribution in [0.3, 0.4) is 0 Å². The fourth-order valence-electron chi connectivity index (χ4n) is 2.63. The molecule has 126 valence electrons. The Kier molecular flexibility index (Phi) is 5.00. The second-order valence-corrected chi connectivity index (χ2v) is 5.83. The fourth-order valence-corrected chi connectivity index (χ4v) is 2.63. The van der Waals surface area contributed by atoms with Crippen molar-refractivity contribution < 1.29 is 9.90 Å². The van der Waals surface area contributed by atoms with Crippen LogP contribution >= 0.6 is 0 Å². The van der Waals surface area contributed by atoms with Crippen molar-refractivity contribution >= 4 is 17.3 Å². The van der Waals surface area contributed by atoms with Crippen molar-refractivity contribution in [3.63, 3.8) is 0 Å². The maximum absolute atomic E-state index is 12.9. The predicted molar refractivity (Wildman–Crippen MR) is 100 cm³/mol. The SMILES string of the molecule is CN(Cc1ccccc1O)C(=O)c1ccccc1Nc1ccccc1. The van der Waals surface area contributed by atoms with Gasteiger partial charge in [-0.2, -0.15) is 0 Å². The minimum Gasteiger partial charge on any atom is -0.508 e. The lowest BCUT2D eigenvalue weighted by molar-refractivity contribution is 0.0785. The van der Waals surface area contributed by atoms with Gasteiger partial charge in [-0.3, -0.25) is 4.79 Å². The van der Waals surface area contributed by atoms with Crippen LogP contribution < -0.4 is 5.32 Å². The first-order valence-corrected chi connectivity index (χ1v) is 8.08. The van der Waals surface area contributed by atoms with Crippen molar-refractivity contribution in [3.8, 4) is 5.75 Å². The van der Waals surface area contributed by atoms with Gasteiger partial charge in [0.2, 0.25) is 0 Å². The monoisotopic (exact) mass is 332 g/mol. The summed E-state index contributed by atoms with van der Waals surface area (Å²) in [5, 5.41) is 13.2. The van der Waals surface area contributed by atoms with Crippen molar-refractivity contribution in [2.24, 2.45) is 0 Å². The molecule has 0 fully saturated rings. The van der Waals surface area contributed by atoms with E-state index in [4.69, 9.17) is 0 Å². The van der Waals surface area contributed by atoms with E-state index < -0.39 is 0 Å². The first-order chi connectivity index (χ1) is 12.1. The van der Waals surface area contributed by atoms with Crippen LogP contribution in [-0.4, -0.2) is 23.0 Å². The number of carbonyl (C=O) groups excluding carboxylic acids is 1. The minimum atomic E-state index is -0.109. The first-order valence-electron chi connectivity index (χ1n) is 8.08. The largest absolute Gasteiger partial charge is 0.508 e. The van der Waals surface area contributed by atoms with E-state index in [2.05, 4.69) is 5.32 Å². The highest BCUT2D eigenvalue weighted by atomic mass is 16.3. The third-order valence-corrected chi connectivity index (χ3v) is 3.96. The lowest BCUT2D eigenvalue weighted by Crippen LogP contribution is -2.26. The molecule has 3 aromatic carbocycles. The molecule has 25 heavy (non-hydrogen) atoms. The summed E-state index contributed by atoms with van der Waals surface area (Å²) in [6.45, 7) is 0.338. The number of hydrogen-bond acceptors (Lipinski definition) is 3. The number of hydrogen-bond donors (Lipinski definition) is 2. The molecule has 0 radical (unpaired) electrons. The van der Waals surface area contributed by atoms with Gasteiger partial charge in [-0.1, -0.05) is 48.5 Å². The van der Waals surface area contributed by atoms with E-state index in [-0.39, 0.29) is 11.7 Å². The summed E-state index contributed by atoms with van der Waals surface area (Å²) < 4.78 is 0. The topological polar surface area (TPSA) is 52.6 Å². The summed E-state index contributed by atoms with van der Waals surface area (Å²) in [5.74, 6) is 0.0835. The molecule has 0 aliphatic rings. The summed E-state index contributed by atoms with van der Waals surface area (Å²) in [6, 6.07) is 24.2. The number of nitrogens with one attached hydrogen (secondary N) is 1. The number of phenolic OH excluding ortho intramolecular Hbond substituents is 1. The molecule has 0 heterocycles. The van der Waals surface area contributed by atoms with Crippen LogP contribution in [0.5, 0.6) is 5.75 Å². The Morgan fingerprint density at radius 3 is 2.32 bits per heavy atom. The van der Waals surface area contributed by atoms with Gasteiger partial charge in [-0.25, -0.2) is 0 Å². The quantitative estimate of drug-likeness (QED) is 0.728. The van der Waals surface area contributed by atoms with E-state index in [1.54, 1.807) is 30.1 Å². The first kappa shape index (κ1) is 16.6. The van der Waals surface area contributed by atoms with Crippen molar-refractivity contribution in [2.45, 2.75) is 6.54 Å². The maximum atomic E-state index is 12.9. The van der Waals surface area contributed by atoms with E-state index in [1.165, 1.54) is 0 Å². The molecule has 0 aromatic heterocycles. The van der Waals surface area contributed by atoms with Gasteiger partial charge in [0.15, 0.2) is 0 Å². The average Bonchev–Trinajstić information content (AvgIpc) is 2.64. The van der Waals surface area contributed by atoms with Crippen LogP contribution in [0, 0.1) is 0 Å². The van der Waals surface area contributed by atoms with E-state index >= 15 is 0 Å². The molecule has 0 saturated heterocycles. The summed E-state index contributed by atoms with van der Waals surface area (Å²) in [4.78, 5) is 14.5.